The second-order valence-electron chi connectivity index (χ2n) is 9.22. The number of hydrogen-bond donors (Lipinski definition) is 0. The lowest BCUT2D eigenvalue weighted by Crippen LogP contribution is -2.56. The van der Waals surface area contributed by atoms with Gasteiger partial charge in [-0.3, -0.25) is 4.79 Å². The van der Waals surface area contributed by atoms with Crippen molar-refractivity contribution in [1.29, 1.82) is 0 Å². The van der Waals surface area contributed by atoms with Gasteiger partial charge in [0, 0.05) is 0 Å². The Kier molecular flexibility index (Phi) is 4.02. The Bertz CT molecular complexity index is 657. The smallest absolute Gasteiger partial charge is 0.309 e. The first kappa shape index (κ1) is 18.1. The second-order valence-corrected chi connectivity index (χ2v) is 9.22. The van der Waals surface area contributed by atoms with Crippen LogP contribution in [0.25, 0.3) is 0 Å². The molecule has 5 aliphatic rings. The minimum Gasteiger partial charge on any atom is -0.463 e. The number of carbonyl (C=O) groups excluding carboxylic acids is 1. The van der Waals surface area contributed by atoms with E-state index in [1.54, 1.807) is 0 Å². The maximum absolute atomic E-state index is 12.6. The van der Waals surface area contributed by atoms with Crippen LogP contribution < -0.4 is 0 Å². The van der Waals surface area contributed by atoms with Gasteiger partial charge in [0.25, 0.3) is 0 Å². The lowest BCUT2D eigenvalue weighted by molar-refractivity contribution is -0.242. The molecule has 3 aliphatic heterocycles. The van der Waals surface area contributed by atoms with E-state index in [9.17, 15) is 4.79 Å². The van der Waals surface area contributed by atoms with Crippen LogP contribution in [0.5, 0.6) is 0 Å². The molecule has 0 aromatic heterocycles. The third-order valence-corrected chi connectivity index (χ3v) is 6.22. The molecule has 3 saturated heterocycles. The number of hydrogen-bond acceptors (Lipinski definition) is 7. The number of fused-ring (bicyclic) bond motifs is 5. The Morgan fingerprint density at radius 1 is 0.963 bits per heavy atom. The average molecular weight is 380 g/mol. The van der Waals surface area contributed by atoms with Gasteiger partial charge >= 0.3 is 5.97 Å². The maximum atomic E-state index is 12.6. The van der Waals surface area contributed by atoms with Gasteiger partial charge in [0.15, 0.2) is 17.9 Å². The topological polar surface area (TPSA) is 72.5 Å². The largest absolute Gasteiger partial charge is 0.463 e. The van der Waals surface area contributed by atoms with Crippen molar-refractivity contribution in [2.75, 3.05) is 6.61 Å². The first-order valence-corrected chi connectivity index (χ1v) is 9.92. The zero-order chi connectivity index (χ0) is 19.0. The predicted octanol–water partition coefficient (Wildman–Crippen LogP) is 2.14. The molecule has 5 rings (SSSR count). The molecule has 7 nitrogen and oxygen atoms in total. The first-order chi connectivity index (χ1) is 12.7. The van der Waals surface area contributed by atoms with Gasteiger partial charge in [-0.1, -0.05) is 12.2 Å². The summed E-state index contributed by atoms with van der Waals surface area (Å²) in [6.07, 6.45) is 4.26. The molecule has 4 fully saturated rings. The molecular formula is C20H28O7. The normalized spacial score (nSPS) is 48.4. The molecular weight excluding hydrogens is 352 g/mol. The fraction of sp³-hybridized carbons (Fsp3) is 0.850. The van der Waals surface area contributed by atoms with Crippen molar-refractivity contribution in [2.45, 2.75) is 82.8 Å². The Labute approximate surface area is 159 Å². The molecule has 150 valence electrons. The fourth-order valence-electron chi connectivity index (χ4n) is 5.15. The van der Waals surface area contributed by atoms with Crippen LogP contribution in [0.1, 0.15) is 40.5 Å². The highest BCUT2D eigenvalue weighted by Gasteiger charge is 2.61. The average Bonchev–Trinajstić information content (AvgIpc) is 3.32. The summed E-state index contributed by atoms with van der Waals surface area (Å²) >= 11 is 0. The SMILES string of the molecule is CC1(C)O[C@H]2[C@@H](O1)[C@@H](COC(=O)[C@@H]1C[C@@H]3C=C[C@H]1C3)O[C@@H]1OC(C)(C)O[C@@H]12. The monoisotopic (exact) mass is 380 g/mol. The molecule has 0 N–H and O–H groups in total. The van der Waals surface area contributed by atoms with Crippen LogP contribution in [-0.4, -0.2) is 54.9 Å². The molecule has 0 aromatic carbocycles. The predicted molar refractivity (Wildman–Crippen MR) is 92.3 cm³/mol. The third-order valence-electron chi connectivity index (χ3n) is 6.22. The molecule has 2 bridgehead atoms. The molecule has 0 spiro atoms. The minimum atomic E-state index is -0.753. The van der Waals surface area contributed by atoms with Crippen LogP contribution >= 0.6 is 0 Å². The van der Waals surface area contributed by atoms with E-state index in [0.717, 1.165) is 12.8 Å². The zero-order valence-corrected chi connectivity index (χ0v) is 16.3. The minimum absolute atomic E-state index is 0.0330. The Morgan fingerprint density at radius 3 is 2.37 bits per heavy atom. The van der Waals surface area contributed by atoms with Crippen LogP contribution in [0.4, 0.5) is 0 Å². The van der Waals surface area contributed by atoms with E-state index < -0.39 is 24.0 Å². The first-order valence-electron chi connectivity index (χ1n) is 9.92. The number of carbonyl (C=O) groups is 1. The van der Waals surface area contributed by atoms with Gasteiger partial charge in [-0.05, 0) is 52.4 Å². The number of esters is 1. The van der Waals surface area contributed by atoms with Crippen molar-refractivity contribution < 1.29 is 33.2 Å². The molecule has 3 heterocycles. The van der Waals surface area contributed by atoms with Crippen molar-refractivity contribution in [3.63, 3.8) is 0 Å². The van der Waals surface area contributed by atoms with Gasteiger partial charge in [0.1, 0.15) is 31.0 Å². The Morgan fingerprint density at radius 2 is 1.67 bits per heavy atom. The van der Waals surface area contributed by atoms with E-state index in [-0.39, 0.29) is 36.8 Å². The van der Waals surface area contributed by atoms with E-state index in [4.69, 9.17) is 28.4 Å². The van der Waals surface area contributed by atoms with Crippen molar-refractivity contribution >= 4 is 5.97 Å². The quantitative estimate of drug-likeness (QED) is 0.549. The number of ether oxygens (including phenoxy) is 6. The molecule has 0 amide bonds. The van der Waals surface area contributed by atoms with Gasteiger partial charge < -0.3 is 28.4 Å². The molecule has 2 aliphatic carbocycles. The molecule has 0 radical (unpaired) electrons. The summed E-state index contributed by atoms with van der Waals surface area (Å²) < 4.78 is 35.8. The Balaban J connectivity index is 1.27. The maximum Gasteiger partial charge on any atom is 0.309 e. The third kappa shape index (κ3) is 3.13. The van der Waals surface area contributed by atoms with E-state index in [1.165, 1.54) is 0 Å². The van der Waals surface area contributed by atoms with Crippen LogP contribution in [-0.2, 0) is 33.2 Å². The van der Waals surface area contributed by atoms with Crippen LogP contribution in [0.15, 0.2) is 12.2 Å². The van der Waals surface area contributed by atoms with Gasteiger partial charge in [-0.25, -0.2) is 0 Å². The second kappa shape index (κ2) is 6.00. The van der Waals surface area contributed by atoms with E-state index in [1.807, 2.05) is 27.7 Å². The number of rotatable bonds is 3. The lowest BCUT2D eigenvalue weighted by Gasteiger charge is -2.37. The van der Waals surface area contributed by atoms with Crippen LogP contribution in [0.2, 0.25) is 0 Å². The molecule has 8 atom stereocenters. The molecule has 27 heavy (non-hydrogen) atoms. The summed E-state index contributed by atoms with van der Waals surface area (Å²) in [6, 6.07) is 0. The van der Waals surface area contributed by atoms with Crippen LogP contribution in [0.3, 0.4) is 0 Å². The standard InChI is InChI=1S/C20H28O7/c1-19(2)24-14-13(9-22-17(21)12-8-10-5-6-11(12)7-10)23-18-16(15(14)25-19)26-20(3,4)27-18/h5-6,10-16,18H,7-9H2,1-4H3/t10-,11+,12-,13-,14+,15+,16-,18-/m1/s1. The number of allylic oxidation sites excluding steroid dienone is 2. The van der Waals surface area contributed by atoms with Gasteiger partial charge in [0.05, 0.1) is 5.92 Å². The highest BCUT2D eigenvalue weighted by Crippen LogP contribution is 2.45. The highest BCUT2D eigenvalue weighted by molar-refractivity contribution is 5.74. The highest BCUT2D eigenvalue weighted by atomic mass is 16.9. The summed E-state index contributed by atoms with van der Waals surface area (Å²) in [5.74, 6) is -0.824. The molecule has 1 saturated carbocycles. The molecule has 0 aromatic rings. The van der Waals surface area contributed by atoms with Crippen molar-refractivity contribution in [3.8, 4) is 0 Å². The van der Waals surface area contributed by atoms with Gasteiger partial charge in [0.2, 0.25) is 0 Å². The molecule has 0 unspecified atom stereocenters. The van der Waals surface area contributed by atoms with Crippen molar-refractivity contribution in [3.05, 3.63) is 12.2 Å². The van der Waals surface area contributed by atoms with Crippen LogP contribution in [0, 0.1) is 17.8 Å². The summed E-state index contributed by atoms with van der Waals surface area (Å²) in [5.41, 5.74) is 0. The van der Waals surface area contributed by atoms with Gasteiger partial charge in [-0.15, -0.1) is 0 Å². The van der Waals surface area contributed by atoms with Crippen molar-refractivity contribution in [1.82, 2.24) is 0 Å². The summed E-state index contributed by atoms with van der Waals surface area (Å²) in [7, 11) is 0. The van der Waals surface area contributed by atoms with E-state index >= 15 is 0 Å². The summed E-state index contributed by atoms with van der Waals surface area (Å²) in [5, 5.41) is 0. The fourth-order valence-corrected chi connectivity index (χ4v) is 5.15. The molecule has 7 heteroatoms. The van der Waals surface area contributed by atoms with Gasteiger partial charge in [-0.2, -0.15) is 0 Å². The van der Waals surface area contributed by atoms with Crippen molar-refractivity contribution in [2.24, 2.45) is 17.8 Å². The Hall–Kier alpha value is -0.990. The summed E-state index contributed by atoms with van der Waals surface area (Å²) in [4.78, 5) is 12.6. The summed E-state index contributed by atoms with van der Waals surface area (Å²) in [6.45, 7) is 7.56. The van der Waals surface area contributed by atoms with E-state index in [2.05, 4.69) is 12.2 Å². The van der Waals surface area contributed by atoms with E-state index in [0.29, 0.717) is 11.8 Å². The lowest BCUT2D eigenvalue weighted by atomic mass is 9.94. The zero-order valence-electron chi connectivity index (χ0n) is 16.3.